The molecule has 1 saturated heterocycles. The van der Waals surface area contributed by atoms with Gasteiger partial charge in [0.2, 0.25) is 0 Å². The van der Waals surface area contributed by atoms with Crippen molar-refractivity contribution in [3.05, 3.63) is 28.7 Å². The van der Waals surface area contributed by atoms with Crippen LogP contribution in [-0.4, -0.2) is 44.2 Å². The van der Waals surface area contributed by atoms with Crippen molar-refractivity contribution in [3.63, 3.8) is 0 Å². The van der Waals surface area contributed by atoms with Gasteiger partial charge in [0, 0.05) is 17.6 Å². The van der Waals surface area contributed by atoms with Gasteiger partial charge in [0.15, 0.2) is 0 Å². The summed E-state index contributed by atoms with van der Waals surface area (Å²) in [6, 6.07) is 8.05. The summed E-state index contributed by atoms with van der Waals surface area (Å²) < 4.78 is 6.89. The Morgan fingerprint density at radius 1 is 1.35 bits per heavy atom. The smallest absolute Gasteiger partial charge is 0.119 e. The third kappa shape index (κ3) is 5.43. The van der Waals surface area contributed by atoms with Crippen molar-refractivity contribution in [1.82, 2.24) is 10.2 Å². The van der Waals surface area contributed by atoms with Gasteiger partial charge in [-0.1, -0.05) is 22.9 Å². The molecule has 0 radical (unpaired) electrons. The van der Waals surface area contributed by atoms with Crippen LogP contribution < -0.4 is 10.1 Å². The molecule has 1 aromatic rings. The third-order valence-electron chi connectivity index (χ3n) is 3.78. The van der Waals surface area contributed by atoms with E-state index in [2.05, 4.69) is 33.1 Å². The van der Waals surface area contributed by atoms with Crippen LogP contribution >= 0.6 is 15.9 Å². The van der Waals surface area contributed by atoms with E-state index in [0.717, 1.165) is 42.4 Å². The van der Waals surface area contributed by atoms with Gasteiger partial charge in [-0.15, -0.1) is 0 Å². The zero-order valence-corrected chi connectivity index (χ0v) is 13.9. The van der Waals surface area contributed by atoms with E-state index in [1.165, 1.54) is 25.9 Å². The lowest BCUT2D eigenvalue weighted by molar-refractivity contribution is 0.146. The van der Waals surface area contributed by atoms with E-state index >= 15 is 0 Å². The summed E-state index contributed by atoms with van der Waals surface area (Å²) in [5.74, 6) is 1.76. The molecule has 1 atom stereocenters. The molecule has 1 unspecified atom stereocenters. The predicted octanol–water partition coefficient (Wildman–Crippen LogP) is 3.15. The van der Waals surface area contributed by atoms with Gasteiger partial charge in [-0.2, -0.15) is 0 Å². The third-order valence-corrected chi connectivity index (χ3v) is 4.30. The van der Waals surface area contributed by atoms with E-state index in [1.807, 2.05) is 24.3 Å². The van der Waals surface area contributed by atoms with E-state index in [1.54, 1.807) is 0 Å². The highest BCUT2D eigenvalue weighted by molar-refractivity contribution is 9.10. The van der Waals surface area contributed by atoms with Gasteiger partial charge in [0.05, 0.1) is 0 Å². The van der Waals surface area contributed by atoms with Gasteiger partial charge in [-0.25, -0.2) is 0 Å². The Balaban J connectivity index is 1.67. The fourth-order valence-corrected chi connectivity index (χ4v) is 2.96. The Labute approximate surface area is 130 Å². The summed E-state index contributed by atoms with van der Waals surface area (Å²) in [5, 5.41) is 3.46. The van der Waals surface area contributed by atoms with Gasteiger partial charge in [0.1, 0.15) is 12.4 Å². The highest BCUT2D eigenvalue weighted by Crippen LogP contribution is 2.17. The van der Waals surface area contributed by atoms with Gasteiger partial charge >= 0.3 is 0 Å². The first kappa shape index (κ1) is 15.8. The molecule has 1 heterocycles. The SMILES string of the molecule is CCNCC1CCCN(CCOc2ccc(Br)cc2)C1. The van der Waals surface area contributed by atoms with E-state index < -0.39 is 0 Å². The first-order chi connectivity index (χ1) is 9.78. The van der Waals surface area contributed by atoms with Crippen LogP contribution in [0.5, 0.6) is 5.75 Å². The second-order valence-corrected chi connectivity index (χ2v) is 6.33. The average molecular weight is 341 g/mol. The normalized spacial score (nSPS) is 20.0. The van der Waals surface area contributed by atoms with E-state index in [0.29, 0.717) is 0 Å². The second-order valence-electron chi connectivity index (χ2n) is 5.42. The first-order valence-electron chi connectivity index (χ1n) is 7.59. The molecule has 0 aliphatic carbocycles. The van der Waals surface area contributed by atoms with Gasteiger partial charge in [0.25, 0.3) is 0 Å². The number of benzene rings is 1. The van der Waals surface area contributed by atoms with Gasteiger partial charge < -0.3 is 10.1 Å². The fraction of sp³-hybridized carbons (Fsp3) is 0.625. The molecular formula is C16H25BrN2O. The maximum absolute atomic E-state index is 5.80. The molecule has 1 aromatic carbocycles. The predicted molar refractivity (Wildman–Crippen MR) is 87.3 cm³/mol. The maximum Gasteiger partial charge on any atom is 0.119 e. The lowest BCUT2D eigenvalue weighted by Crippen LogP contribution is -2.41. The van der Waals surface area contributed by atoms with Crippen molar-refractivity contribution in [2.75, 3.05) is 39.3 Å². The van der Waals surface area contributed by atoms with E-state index in [4.69, 9.17) is 4.74 Å². The van der Waals surface area contributed by atoms with Crippen LogP contribution in [0, 0.1) is 5.92 Å². The lowest BCUT2D eigenvalue weighted by Gasteiger charge is -2.32. The monoisotopic (exact) mass is 340 g/mol. The Morgan fingerprint density at radius 3 is 2.90 bits per heavy atom. The van der Waals surface area contributed by atoms with Crippen molar-refractivity contribution in [3.8, 4) is 5.75 Å². The fourth-order valence-electron chi connectivity index (χ4n) is 2.69. The van der Waals surface area contributed by atoms with Crippen LogP contribution in [0.15, 0.2) is 28.7 Å². The lowest BCUT2D eigenvalue weighted by atomic mass is 9.98. The molecule has 4 heteroatoms. The number of nitrogens with one attached hydrogen (secondary N) is 1. The highest BCUT2D eigenvalue weighted by atomic mass is 79.9. The largest absolute Gasteiger partial charge is 0.492 e. The Bertz CT molecular complexity index is 383. The van der Waals surface area contributed by atoms with Crippen molar-refractivity contribution >= 4 is 15.9 Å². The minimum atomic E-state index is 0.773. The Kier molecular flexibility index (Phi) is 6.83. The number of hydrogen-bond acceptors (Lipinski definition) is 3. The number of likely N-dealkylation sites (tertiary alicyclic amines) is 1. The van der Waals surface area contributed by atoms with Gasteiger partial charge in [-0.05, 0) is 62.7 Å². The molecule has 20 heavy (non-hydrogen) atoms. The molecule has 1 N–H and O–H groups in total. The summed E-state index contributed by atoms with van der Waals surface area (Å²) in [7, 11) is 0. The van der Waals surface area contributed by atoms with Crippen LogP contribution in [0.25, 0.3) is 0 Å². The number of rotatable bonds is 7. The minimum Gasteiger partial charge on any atom is -0.492 e. The minimum absolute atomic E-state index is 0.773. The molecule has 2 rings (SSSR count). The molecule has 0 amide bonds. The standard InChI is InChI=1S/C16H25BrN2O/c1-2-18-12-14-4-3-9-19(13-14)10-11-20-16-7-5-15(17)6-8-16/h5-8,14,18H,2-4,9-13H2,1H3. The van der Waals surface area contributed by atoms with Crippen molar-refractivity contribution in [1.29, 1.82) is 0 Å². The summed E-state index contributed by atoms with van der Waals surface area (Å²) in [6.07, 6.45) is 2.67. The highest BCUT2D eigenvalue weighted by Gasteiger charge is 2.19. The molecular weight excluding hydrogens is 316 g/mol. The van der Waals surface area contributed by atoms with Crippen LogP contribution in [0.2, 0.25) is 0 Å². The maximum atomic E-state index is 5.80. The Hall–Kier alpha value is -0.580. The summed E-state index contributed by atoms with van der Waals surface area (Å²) in [6.45, 7) is 8.62. The quantitative estimate of drug-likeness (QED) is 0.825. The van der Waals surface area contributed by atoms with Crippen molar-refractivity contribution < 1.29 is 4.74 Å². The molecule has 0 bridgehead atoms. The molecule has 1 aliphatic rings. The average Bonchev–Trinajstić information content (AvgIpc) is 2.48. The van der Waals surface area contributed by atoms with Crippen LogP contribution in [0.3, 0.4) is 0 Å². The number of piperidine rings is 1. The topological polar surface area (TPSA) is 24.5 Å². The molecule has 0 aromatic heterocycles. The Morgan fingerprint density at radius 2 is 2.15 bits per heavy atom. The molecule has 3 nitrogen and oxygen atoms in total. The molecule has 1 aliphatic heterocycles. The van der Waals surface area contributed by atoms with Gasteiger partial charge in [-0.3, -0.25) is 4.90 Å². The second kappa shape index (κ2) is 8.65. The van der Waals surface area contributed by atoms with Crippen LogP contribution in [0.1, 0.15) is 19.8 Å². The van der Waals surface area contributed by atoms with Crippen molar-refractivity contribution in [2.24, 2.45) is 5.92 Å². The molecule has 0 saturated carbocycles. The van der Waals surface area contributed by atoms with E-state index in [9.17, 15) is 0 Å². The van der Waals surface area contributed by atoms with Crippen LogP contribution in [-0.2, 0) is 0 Å². The van der Waals surface area contributed by atoms with Crippen LogP contribution in [0.4, 0.5) is 0 Å². The summed E-state index contributed by atoms with van der Waals surface area (Å²) in [4.78, 5) is 2.53. The molecule has 0 spiro atoms. The molecule has 1 fully saturated rings. The van der Waals surface area contributed by atoms with E-state index in [-0.39, 0.29) is 0 Å². The molecule has 112 valence electrons. The summed E-state index contributed by atoms with van der Waals surface area (Å²) in [5.41, 5.74) is 0. The number of ether oxygens (including phenoxy) is 1. The number of nitrogens with zero attached hydrogens (tertiary/aromatic N) is 1. The zero-order chi connectivity index (χ0) is 14.2. The zero-order valence-electron chi connectivity index (χ0n) is 12.3. The van der Waals surface area contributed by atoms with Crippen molar-refractivity contribution in [2.45, 2.75) is 19.8 Å². The summed E-state index contributed by atoms with van der Waals surface area (Å²) >= 11 is 3.43. The first-order valence-corrected chi connectivity index (χ1v) is 8.38. The number of hydrogen-bond donors (Lipinski definition) is 1. The number of halogens is 1.